The van der Waals surface area contributed by atoms with Gasteiger partial charge in [0.1, 0.15) is 18.2 Å². The number of nitrogens with one attached hydrogen (secondary N) is 1. The van der Waals surface area contributed by atoms with Crippen LogP contribution in [0.4, 0.5) is 4.39 Å². The first-order valence-corrected chi connectivity index (χ1v) is 6.27. The third kappa shape index (κ3) is 3.54. The standard InChI is InChI=1S/C14H18FN3O/c1-11(16-2)13-10-12(15)4-5-14(13)19-9-8-18-7-3-6-17-18/h3-7,10-11,16H,8-9H2,1-2H3. The minimum atomic E-state index is -0.253. The summed E-state index contributed by atoms with van der Waals surface area (Å²) in [6.45, 7) is 3.13. The van der Waals surface area contributed by atoms with Crippen molar-refractivity contribution in [3.63, 3.8) is 0 Å². The molecule has 4 nitrogen and oxygen atoms in total. The van der Waals surface area contributed by atoms with Gasteiger partial charge in [-0.15, -0.1) is 0 Å². The van der Waals surface area contributed by atoms with Crippen LogP contribution in [0.15, 0.2) is 36.7 Å². The second-order valence-corrected chi connectivity index (χ2v) is 4.31. The van der Waals surface area contributed by atoms with Gasteiger partial charge in [0.25, 0.3) is 0 Å². The molecule has 0 aliphatic carbocycles. The molecule has 102 valence electrons. The monoisotopic (exact) mass is 263 g/mol. The topological polar surface area (TPSA) is 39.1 Å². The van der Waals surface area contributed by atoms with Crippen molar-refractivity contribution in [1.82, 2.24) is 15.1 Å². The van der Waals surface area contributed by atoms with E-state index in [1.165, 1.54) is 12.1 Å². The predicted octanol–water partition coefficient (Wildman–Crippen LogP) is 2.38. The van der Waals surface area contributed by atoms with Gasteiger partial charge in [0.2, 0.25) is 0 Å². The van der Waals surface area contributed by atoms with E-state index in [1.807, 2.05) is 26.2 Å². The van der Waals surface area contributed by atoms with Gasteiger partial charge in [-0.1, -0.05) is 0 Å². The summed E-state index contributed by atoms with van der Waals surface area (Å²) in [5.74, 6) is 0.451. The van der Waals surface area contributed by atoms with Crippen molar-refractivity contribution in [2.75, 3.05) is 13.7 Å². The van der Waals surface area contributed by atoms with Gasteiger partial charge in [-0.3, -0.25) is 4.68 Å². The maximum Gasteiger partial charge on any atom is 0.124 e. The molecule has 0 radical (unpaired) electrons. The Bertz CT molecular complexity index is 513. The van der Waals surface area contributed by atoms with Crippen LogP contribution >= 0.6 is 0 Å². The van der Waals surface area contributed by atoms with Gasteiger partial charge in [-0.2, -0.15) is 5.10 Å². The molecule has 0 aliphatic heterocycles. The van der Waals surface area contributed by atoms with Gasteiger partial charge in [-0.25, -0.2) is 4.39 Å². The molecule has 0 bridgehead atoms. The van der Waals surface area contributed by atoms with Crippen molar-refractivity contribution < 1.29 is 9.13 Å². The second kappa shape index (κ2) is 6.33. The van der Waals surface area contributed by atoms with Crippen molar-refractivity contribution in [1.29, 1.82) is 0 Å². The fourth-order valence-electron chi connectivity index (χ4n) is 1.83. The van der Waals surface area contributed by atoms with E-state index in [0.29, 0.717) is 18.9 Å². The van der Waals surface area contributed by atoms with Crippen LogP contribution in [0.25, 0.3) is 0 Å². The molecule has 2 aromatic rings. The van der Waals surface area contributed by atoms with Gasteiger partial charge < -0.3 is 10.1 Å². The number of aromatic nitrogens is 2. The number of nitrogens with zero attached hydrogens (tertiary/aromatic N) is 2. The molecule has 1 aromatic carbocycles. The smallest absolute Gasteiger partial charge is 0.124 e. The Morgan fingerprint density at radius 2 is 2.32 bits per heavy atom. The zero-order valence-corrected chi connectivity index (χ0v) is 11.1. The van der Waals surface area contributed by atoms with Gasteiger partial charge in [0, 0.05) is 24.0 Å². The Balaban J connectivity index is 2.02. The lowest BCUT2D eigenvalue weighted by molar-refractivity contribution is 0.286. The number of ether oxygens (including phenoxy) is 1. The fraction of sp³-hybridized carbons (Fsp3) is 0.357. The molecule has 1 aromatic heterocycles. The van der Waals surface area contributed by atoms with E-state index in [2.05, 4.69) is 10.4 Å². The van der Waals surface area contributed by atoms with E-state index >= 15 is 0 Å². The van der Waals surface area contributed by atoms with Crippen molar-refractivity contribution in [3.8, 4) is 5.75 Å². The quantitative estimate of drug-likeness (QED) is 0.869. The minimum absolute atomic E-state index is 0.0374. The van der Waals surface area contributed by atoms with Crippen LogP contribution in [0.1, 0.15) is 18.5 Å². The molecule has 0 spiro atoms. The summed E-state index contributed by atoms with van der Waals surface area (Å²) in [5.41, 5.74) is 0.822. The SMILES string of the molecule is CNC(C)c1cc(F)ccc1OCCn1cccn1. The Morgan fingerprint density at radius 1 is 1.47 bits per heavy atom. The van der Waals surface area contributed by atoms with Gasteiger partial charge in [0.15, 0.2) is 0 Å². The van der Waals surface area contributed by atoms with Crippen LogP contribution in [0.5, 0.6) is 5.75 Å². The van der Waals surface area contributed by atoms with Gasteiger partial charge in [-0.05, 0) is 38.2 Å². The average Bonchev–Trinajstić information content (AvgIpc) is 2.92. The first-order chi connectivity index (χ1) is 9.20. The molecular weight excluding hydrogens is 245 g/mol. The summed E-state index contributed by atoms with van der Waals surface area (Å²) in [6, 6.07) is 6.49. The van der Waals surface area contributed by atoms with Crippen molar-refractivity contribution in [2.24, 2.45) is 0 Å². The largest absolute Gasteiger partial charge is 0.491 e. The lowest BCUT2D eigenvalue weighted by atomic mass is 10.1. The first-order valence-electron chi connectivity index (χ1n) is 6.27. The molecule has 0 saturated heterocycles. The summed E-state index contributed by atoms with van der Waals surface area (Å²) in [7, 11) is 1.84. The van der Waals surface area contributed by atoms with Gasteiger partial charge >= 0.3 is 0 Å². The van der Waals surface area contributed by atoms with Gasteiger partial charge in [0.05, 0.1) is 6.54 Å². The molecule has 1 heterocycles. The van der Waals surface area contributed by atoms with Crippen molar-refractivity contribution in [3.05, 3.63) is 48.0 Å². The van der Waals surface area contributed by atoms with E-state index in [9.17, 15) is 4.39 Å². The van der Waals surface area contributed by atoms with Crippen LogP contribution in [-0.2, 0) is 6.54 Å². The van der Waals surface area contributed by atoms with Crippen LogP contribution in [0, 0.1) is 5.82 Å². The van der Waals surface area contributed by atoms with E-state index < -0.39 is 0 Å². The third-order valence-electron chi connectivity index (χ3n) is 3.01. The molecule has 2 rings (SSSR count). The van der Waals surface area contributed by atoms with Crippen LogP contribution in [0.2, 0.25) is 0 Å². The summed E-state index contributed by atoms with van der Waals surface area (Å²) in [5, 5.41) is 7.19. The number of rotatable bonds is 6. The molecule has 0 fully saturated rings. The fourth-order valence-corrected chi connectivity index (χ4v) is 1.83. The van der Waals surface area contributed by atoms with Crippen LogP contribution < -0.4 is 10.1 Å². The van der Waals surface area contributed by atoms with E-state index in [0.717, 1.165) is 5.56 Å². The molecule has 5 heteroatoms. The van der Waals surface area contributed by atoms with Crippen LogP contribution in [0.3, 0.4) is 0 Å². The zero-order valence-electron chi connectivity index (χ0n) is 11.1. The third-order valence-corrected chi connectivity index (χ3v) is 3.01. The molecule has 1 atom stereocenters. The summed E-state index contributed by atoms with van der Waals surface area (Å²) in [6.07, 6.45) is 3.61. The Kier molecular flexibility index (Phi) is 4.52. The summed E-state index contributed by atoms with van der Waals surface area (Å²) < 4.78 is 20.8. The van der Waals surface area contributed by atoms with Crippen molar-refractivity contribution >= 4 is 0 Å². The van der Waals surface area contributed by atoms with Crippen LogP contribution in [-0.4, -0.2) is 23.4 Å². The number of hydrogen-bond acceptors (Lipinski definition) is 3. The molecule has 19 heavy (non-hydrogen) atoms. The molecular formula is C14H18FN3O. The number of benzene rings is 1. The van der Waals surface area contributed by atoms with E-state index in [-0.39, 0.29) is 11.9 Å². The summed E-state index contributed by atoms with van der Waals surface area (Å²) in [4.78, 5) is 0. The van der Waals surface area contributed by atoms with Crippen molar-refractivity contribution in [2.45, 2.75) is 19.5 Å². The molecule has 0 saturated carbocycles. The minimum Gasteiger partial charge on any atom is -0.491 e. The highest BCUT2D eigenvalue weighted by Gasteiger charge is 2.11. The maximum atomic E-state index is 13.3. The highest BCUT2D eigenvalue weighted by atomic mass is 19.1. The van der Waals surface area contributed by atoms with E-state index in [1.54, 1.807) is 16.9 Å². The summed E-state index contributed by atoms with van der Waals surface area (Å²) >= 11 is 0. The average molecular weight is 263 g/mol. The first kappa shape index (κ1) is 13.5. The molecule has 1 unspecified atom stereocenters. The maximum absolute atomic E-state index is 13.3. The highest BCUT2D eigenvalue weighted by Crippen LogP contribution is 2.25. The Hall–Kier alpha value is -1.88. The second-order valence-electron chi connectivity index (χ2n) is 4.31. The Morgan fingerprint density at radius 3 is 3.00 bits per heavy atom. The normalized spacial score (nSPS) is 12.4. The Labute approximate surface area is 112 Å². The lowest BCUT2D eigenvalue weighted by Gasteiger charge is -2.16. The van der Waals surface area contributed by atoms with E-state index in [4.69, 9.17) is 4.74 Å². The molecule has 0 aliphatic rings. The molecule has 1 N–H and O–H groups in total. The zero-order chi connectivity index (χ0) is 13.7. The molecule has 0 amide bonds. The predicted molar refractivity (Wildman–Crippen MR) is 71.6 cm³/mol. The lowest BCUT2D eigenvalue weighted by Crippen LogP contribution is -2.15. The number of hydrogen-bond donors (Lipinski definition) is 1. The highest BCUT2D eigenvalue weighted by molar-refractivity contribution is 5.36. The number of halogens is 1.